The minimum atomic E-state index is 0.818. The first-order chi connectivity index (χ1) is 6.36. The van der Waals surface area contributed by atoms with E-state index in [1.165, 1.54) is 0 Å². The Bertz CT molecular complexity index is 207. The molecule has 1 aliphatic heterocycles. The molecule has 1 saturated carbocycles. The molecule has 4 heteroatoms. The smallest absolute Gasteiger partial charge is 0.190 e. The van der Waals surface area contributed by atoms with Crippen LogP contribution in [0.4, 0.5) is 0 Å². The number of hydrogen-bond donors (Lipinski definition) is 2. The molecule has 13 heavy (non-hydrogen) atoms. The lowest BCUT2D eigenvalue weighted by molar-refractivity contribution is 0.151. The molecule has 2 N–H and O–H groups in total. The Balaban J connectivity index is 1.70. The van der Waals surface area contributed by atoms with E-state index in [4.69, 9.17) is 4.74 Å². The van der Waals surface area contributed by atoms with Gasteiger partial charge in [-0.15, -0.1) is 0 Å². The standard InChI is InChI=1S/C9H17N3O/c1-10-9(11-2)12-3-6-7-4-13-5-8(6)7/h6-8H,3-5H2,1-2H3,(H2,10,11,12). The summed E-state index contributed by atoms with van der Waals surface area (Å²) < 4.78 is 5.32. The van der Waals surface area contributed by atoms with Crippen LogP contribution in [0.3, 0.4) is 0 Å². The van der Waals surface area contributed by atoms with Gasteiger partial charge in [0.15, 0.2) is 5.96 Å². The van der Waals surface area contributed by atoms with Crippen molar-refractivity contribution in [2.24, 2.45) is 22.7 Å². The predicted molar refractivity (Wildman–Crippen MR) is 51.7 cm³/mol. The van der Waals surface area contributed by atoms with Crippen LogP contribution in [0.1, 0.15) is 0 Å². The molecule has 4 nitrogen and oxygen atoms in total. The largest absolute Gasteiger partial charge is 0.381 e. The average molecular weight is 183 g/mol. The van der Waals surface area contributed by atoms with Gasteiger partial charge >= 0.3 is 0 Å². The minimum absolute atomic E-state index is 0.818. The number of hydrogen-bond acceptors (Lipinski definition) is 2. The summed E-state index contributed by atoms with van der Waals surface area (Å²) in [6.45, 7) is 2.97. The SMILES string of the molecule is CN=C(NC)NCC1C2COCC12. The fourth-order valence-corrected chi connectivity index (χ4v) is 2.16. The van der Waals surface area contributed by atoms with Gasteiger partial charge in [-0.25, -0.2) is 0 Å². The third-order valence-electron chi connectivity index (χ3n) is 3.10. The summed E-state index contributed by atoms with van der Waals surface area (Å²) >= 11 is 0. The number of nitrogens with zero attached hydrogens (tertiary/aromatic N) is 1. The van der Waals surface area contributed by atoms with E-state index in [2.05, 4.69) is 15.6 Å². The lowest BCUT2D eigenvalue weighted by atomic mass is 10.3. The molecule has 74 valence electrons. The van der Waals surface area contributed by atoms with Gasteiger partial charge in [0.2, 0.25) is 0 Å². The van der Waals surface area contributed by atoms with Gasteiger partial charge in [0.05, 0.1) is 13.2 Å². The second kappa shape index (κ2) is 3.54. The molecular formula is C9H17N3O. The Labute approximate surface area is 78.8 Å². The molecule has 1 heterocycles. The first kappa shape index (κ1) is 8.81. The van der Waals surface area contributed by atoms with Crippen molar-refractivity contribution in [3.05, 3.63) is 0 Å². The molecule has 0 aromatic carbocycles. The highest BCUT2D eigenvalue weighted by molar-refractivity contribution is 5.79. The van der Waals surface area contributed by atoms with E-state index in [1.807, 2.05) is 7.05 Å². The van der Waals surface area contributed by atoms with Crippen molar-refractivity contribution in [1.29, 1.82) is 0 Å². The van der Waals surface area contributed by atoms with Crippen molar-refractivity contribution in [2.75, 3.05) is 33.9 Å². The summed E-state index contributed by atoms with van der Waals surface area (Å²) in [7, 11) is 3.67. The van der Waals surface area contributed by atoms with Crippen LogP contribution >= 0.6 is 0 Å². The Morgan fingerprint density at radius 2 is 2.15 bits per heavy atom. The number of aliphatic imine (C=N–C) groups is 1. The van der Waals surface area contributed by atoms with Crippen molar-refractivity contribution < 1.29 is 4.74 Å². The molecule has 2 fully saturated rings. The van der Waals surface area contributed by atoms with Crippen molar-refractivity contribution in [3.8, 4) is 0 Å². The molecule has 0 aromatic heterocycles. The quantitative estimate of drug-likeness (QED) is 0.455. The highest BCUT2D eigenvalue weighted by Crippen LogP contribution is 2.50. The predicted octanol–water partition coefficient (Wildman–Crippen LogP) is -0.326. The fraction of sp³-hybridized carbons (Fsp3) is 0.889. The van der Waals surface area contributed by atoms with Gasteiger partial charge in [0.1, 0.15) is 0 Å². The Morgan fingerprint density at radius 1 is 1.46 bits per heavy atom. The number of guanidine groups is 1. The zero-order valence-corrected chi connectivity index (χ0v) is 8.21. The zero-order chi connectivity index (χ0) is 9.26. The molecule has 2 aliphatic rings. The highest BCUT2D eigenvalue weighted by Gasteiger charge is 2.53. The first-order valence-corrected chi connectivity index (χ1v) is 4.83. The van der Waals surface area contributed by atoms with E-state index < -0.39 is 0 Å². The van der Waals surface area contributed by atoms with Crippen molar-refractivity contribution >= 4 is 5.96 Å². The van der Waals surface area contributed by atoms with Crippen LogP contribution in [0.25, 0.3) is 0 Å². The summed E-state index contributed by atoms with van der Waals surface area (Å²) in [4.78, 5) is 4.06. The topological polar surface area (TPSA) is 45.7 Å². The summed E-state index contributed by atoms with van der Waals surface area (Å²) in [5.41, 5.74) is 0. The number of nitrogens with one attached hydrogen (secondary N) is 2. The lowest BCUT2D eigenvalue weighted by Gasteiger charge is -2.09. The second-order valence-electron chi connectivity index (χ2n) is 3.73. The molecule has 2 unspecified atom stereocenters. The number of rotatable bonds is 2. The van der Waals surface area contributed by atoms with Crippen LogP contribution in [-0.2, 0) is 4.74 Å². The maximum absolute atomic E-state index is 5.32. The van der Waals surface area contributed by atoms with E-state index in [0.717, 1.165) is 43.5 Å². The fourth-order valence-electron chi connectivity index (χ4n) is 2.16. The van der Waals surface area contributed by atoms with E-state index in [-0.39, 0.29) is 0 Å². The lowest BCUT2D eigenvalue weighted by Crippen LogP contribution is -2.36. The maximum Gasteiger partial charge on any atom is 0.190 e. The maximum atomic E-state index is 5.32. The minimum Gasteiger partial charge on any atom is -0.381 e. The van der Waals surface area contributed by atoms with E-state index in [1.54, 1.807) is 7.05 Å². The van der Waals surface area contributed by atoms with Gasteiger partial charge < -0.3 is 15.4 Å². The molecule has 1 saturated heterocycles. The van der Waals surface area contributed by atoms with Crippen LogP contribution in [-0.4, -0.2) is 39.8 Å². The van der Waals surface area contributed by atoms with Crippen molar-refractivity contribution in [3.63, 3.8) is 0 Å². The first-order valence-electron chi connectivity index (χ1n) is 4.83. The molecule has 2 atom stereocenters. The van der Waals surface area contributed by atoms with Gasteiger partial charge in [-0.05, 0) is 17.8 Å². The van der Waals surface area contributed by atoms with Gasteiger partial charge in [-0.2, -0.15) is 0 Å². The van der Waals surface area contributed by atoms with Gasteiger partial charge in [0, 0.05) is 20.6 Å². The second-order valence-corrected chi connectivity index (χ2v) is 3.73. The van der Waals surface area contributed by atoms with Crippen LogP contribution in [0.5, 0.6) is 0 Å². The third-order valence-corrected chi connectivity index (χ3v) is 3.10. The summed E-state index contributed by atoms with van der Waals surface area (Å²) in [6.07, 6.45) is 0. The number of fused-ring (bicyclic) bond motifs is 1. The summed E-state index contributed by atoms with van der Waals surface area (Å²) in [5, 5.41) is 6.30. The molecule has 0 bridgehead atoms. The number of ether oxygens (including phenoxy) is 1. The molecule has 0 aromatic rings. The summed E-state index contributed by atoms with van der Waals surface area (Å²) in [6, 6.07) is 0. The summed E-state index contributed by atoms with van der Waals surface area (Å²) in [5.74, 6) is 3.34. The van der Waals surface area contributed by atoms with Crippen LogP contribution in [0, 0.1) is 17.8 Å². The Hall–Kier alpha value is -0.770. The normalized spacial score (nSPS) is 37.1. The van der Waals surface area contributed by atoms with Crippen molar-refractivity contribution in [2.45, 2.75) is 0 Å². The molecule has 0 radical (unpaired) electrons. The molecule has 0 spiro atoms. The van der Waals surface area contributed by atoms with Gasteiger partial charge in [-0.1, -0.05) is 0 Å². The van der Waals surface area contributed by atoms with Crippen molar-refractivity contribution in [1.82, 2.24) is 10.6 Å². The Kier molecular flexibility index (Phi) is 2.40. The van der Waals surface area contributed by atoms with Gasteiger partial charge in [-0.3, -0.25) is 4.99 Å². The highest BCUT2D eigenvalue weighted by atomic mass is 16.5. The van der Waals surface area contributed by atoms with E-state index >= 15 is 0 Å². The molecule has 1 aliphatic carbocycles. The average Bonchev–Trinajstić information content (AvgIpc) is 2.62. The van der Waals surface area contributed by atoms with Crippen LogP contribution < -0.4 is 10.6 Å². The molecule has 2 rings (SSSR count). The van der Waals surface area contributed by atoms with Crippen LogP contribution in [0.15, 0.2) is 4.99 Å². The van der Waals surface area contributed by atoms with E-state index in [9.17, 15) is 0 Å². The van der Waals surface area contributed by atoms with Crippen LogP contribution in [0.2, 0.25) is 0 Å². The third kappa shape index (κ3) is 1.63. The zero-order valence-electron chi connectivity index (χ0n) is 8.21. The van der Waals surface area contributed by atoms with E-state index in [0.29, 0.717) is 0 Å². The van der Waals surface area contributed by atoms with Gasteiger partial charge in [0.25, 0.3) is 0 Å². The molecule has 0 amide bonds. The Morgan fingerprint density at radius 3 is 2.69 bits per heavy atom. The molecular weight excluding hydrogens is 166 g/mol. The monoisotopic (exact) mass is 183 g/mol.